The highest BCUT2D eigenvalue weighted by Crippen LogP contribution is 2.33. The Hall–Kier alpha value is -3.61. The van der Waals surface area contributed by atoms with E-state index in [1.165, 1.54) is 0 Å². The standard InChI is InChI=1S/C26H29N3O4/c1-16-14-27-17(2)26(29-16)19-7-9-22-20(12-19)13-21(33-22)15-28-25(30)10-6-18-5-8-23(31-3)24(11-18)32-4/h5,7-9,11-12,14,21H,6,10,13,15H2,1-4H3,(H,28,30)/t21-/m0/s1. The Balaban J connectivity index is 1.30. The SMILES string of the molecule is COc1ccc(CCC(=O)NC[C@@H]2Cc3cc(-c4nc(C)cnc4C)ccc3O2)cc1OC. The number of aromatic nitrogens is 2. The number of methoxy groups -OCH3 is 2. The minimum atomic E-state index is -0.0787. The molecular weight excluding hydrogens is 418 g/mol. The van der Waals surface area contributed by atoms with Crippen molar-refractivity contribution in [3.8, 4) is 28.5 Å². The van der Waals surface area contributed by atoms with E-state index in [1.807, 2.05) is 44.2 Å². The molecule has 172 valence electrons. The highest BCUT2D eigenvalue weighted by molar-refractivity contribution is 5.76. The Kier molecular flexibility index (Phi) is 6.77. The van der Waals surface area contributed by atoms with Crippen molar-refractivity contribution in [2.24, 2.45) is 0 Å². The van der Waals surface area contributed by atoms with Gasteiger partial charge in [-0.2, -0.15) is 0 Å². The van der Waals surface area contributed by atoms with Crippen molar-refractivity contribution in [2.75, 3.05) is 20.8 Å². The number of hydrogen-bond donors (Lipinski definition) is 1. The third kappa shape index (κ3) is 5.25. The number of aryl methyl sites for hydroxylation is 3. The summed E-state index contributed by atoms with van der Waals surface area (Å²) in [5, 5.41) is 3.00. The van der Waals surface area contributed by atoms with E-state index in [1.54, 1.807) is 20.4 Å². The highest BCUT2D eigenvalue weighted by atomic mass is 16.5. The normalized spacial score (nSPS) is 14.4. The van der Waals surface area contributed by atoms with Crippen LogP contribution in [-0.2, 0) is 17.6 Å². The molecule has 1 amide bonds. The van der Waals surface area contributed by atoms with Gasteiger partial charge in [0.05, 0.1) is 37.8 Å². The summed E-state index contributed by atoms with van der Waals surface area (Å²) in [5.74, 6) is 2.20. The molecule has 2 aromatic carbocycles. The van der Waals surface area contributed by atoms with E-state index in [-0.39, 0.29) is 12.0 Å². The molecule has 0 unspecified atom stereocenters. The van der Waals surface area contributed by atoms with Gasteiger partial charge in [0.25, 0.3) is 0 Å². The van der Waals surface area contributed by atoms with Crippen LogP contribution in [0.1, 0.15) is 28.9 Å². The average molecular weight is 448 g/mol. The van der Waals surface area contributed by atoms with Crippen LogP contribution >= 0.6 is 0 Å². The smallest absolute Gasteiger partial charge is 0.220 e. The maximum Gasteiger partial charge on any atom is 0.220 e. The molecular formula is C26H29N3O4. The molecule has 1 aliphatic rings. The molecule has 1 aromatic heterocycles. The topological polar surface area (TPSA) is 82.6 Å². The minimum Gasteiger partial charge on any atom is -0.493 e. The van der Waals surface area contributed by atoms with E-state index < -0.39 is 0 Å². The van der Waals surface area contributed by atoms with Crippen LogP contribution in [0.4, 0.5) is 0 Å². The van der Waals surface area contributed by atoms with Gasteiger partial charge in [0, 0.05) is 24.6 Å². The predicted octanol–water partition coefficient (Wildman–Crippen LogP) is 3.83. The maximum atomic E-state index is 12.4. The van der Waals surface area contributed by atoms with Crippen molar-refractivity contribution < 1.29 is 19.0 Å². The number of nitrogens with zero attached hydrogens (tertiary/aromatic N) is 2. The van der Waals surface area contributed by atoms with Crippen molar-refractivity contribution >= 4 is 5.91 Å². The molecule has 2 heterocycles. The van der Waals surface area contributed by atoms with Gasteiger partial charge in [-0.15, -0.1) is 0 Å². The first kappa shape index (κ1) is 22.6. The van der Waals surface area contributed by atoms with Gasteiger partial charge in [0.15, 0.2) is 11.5 Å². The second kappa shape index (κ2) is 9.90. The van der Waals surface area contributed by atoms with E-state index in [0.29, 0.717) is 30.9 Å². The van der Waals surface area contributed by atoms with Crippen LogP contribution in [0.2, 0.25) is 0 Å². The fraction of sp³-hybridized carbons (Fsp3) is 0.346. The first-order valence-corrected chi connectivity index (χ1v) is 11.0. The number of nitrogens with one attached hydrogen (secondary N) is 1. The Bertz CT molecular complexity index is 1160. The van der Waals surface area contributed by atoms with Crippen LogP contribution in [0.25, 0.3) is 11.3 Å². The van der Waals surface area contributed by atoms with E-state index >= 15 is 0 Å². The molecule has 1 atom stereocenters. The molecule has 0 radical (unpaired) electrons. The number of amides is 1. The number of ether oxygens (including phenoxy) is 3. The summed E-state index contributed by atoms with van der Waals surface area (Å²) in [6.07, 6.45) is 3.46. The third-order valence-corrected chi connectivity index (χ3v) is 5.77. The molecule has 7 nitrogen and oxygen atoms in total. The van der Waals surface area contributed by atoms with Gasteiger partial charge >= 0.3 is 0 Å². The van der Waals surface area contributed by atoms with Crippen molar-refractivity contribution in [2.45, 2.75) is 39.2 Å². The monoisotopic (exact) mass is 447 g/mol. The zero-order valence-electron chi connectivity index (χ0n) is 19.5. The number of fused-ring (bicyclic) bond motifs is 1. The molecule has 0 saturated heterocycles. The van der Waals surface area contributed by atoms with E-state index in [9.17, 15) is 4.79 Å². The molecule has 0 bridgehead atoms. The first-order valence-electron chi connectivity index (χ1n) is 11.0. The van der Waals surface area contributed by atoms with Crippen LogP contribution in [0.15, 0.2) is 42.6 Å². The van der Waals surface area contributed by atoms with E-state index in [4.69, 9.17) is 14.2 Å². The lowest BCUT2D eigenvalue weighted by Gasteiger charge is -2.12. The maximum absolute atomic E-state index is 12.4. The number of benzene rings is 2. The lowest BCUT2D eigenvalue weighted by molar-refractivity contribution is -0.121. The summed E-state index contributed by atoms with van der Waals surface area (Å²) in [4.78, 5) is 21.4. The predicted molar refractivity (Wildman–Crippen MR) is 126 cm³/mol. The van der Waals surface area contributed by atoms with Crippen LogP contribution in [0.5, 0.6) is 17.2 Å². The molecule has 1 aliphatic heterocycles. The molecule has 33 heavy (non-hydrogen) atoms. The summed E-state index contributed by atoms with van der Waals surface area (Å²) in [7, 11) is 3.21. The van der Waals surface area contributed by atoms with Crippen LogP contribution in [0.3, 0.4) is 0 Å². The average Bonchev–Trinajstić information content (AvgIpc) is 3.24. The molecule has 0 spiro atoms. The van der Waals surface area contributed by atoms with Gasteiger partial charge in [0.2, 0.25) is 5.91 Å². The summed E-state index contributed by atoms with van der Waals surface area (Å²) >= 11 is 0. The van der Waals surface area contributed by atoms with E-state index in [2.05, 4.69) is 21.4 Å². The lowest BCUT2D eigenvalue weighted by Crippen LogP contribution is -2.34. The Labute approximate surface area is 194 Å². The zero-order chi connectivity index (χ0) is 23.4. The lowest BCUT2D eigenvalue weighted by atomic mass is 10.0. The zero-order valence-corrected chi connectivity index (χ0v) is 19.5. The molecule has 0 saturated carbocycles. The quantitative estimate of drug-likeness (QED) is 0.565. The molecule has 1 N–H and O–H groups in total. The largest absolute Gasteiger partial charge is 0.493 e. The Morgan fingerprint density at radius 3 is 2.73 bits per heavy atom. The van der Waals surface area contributed by atoms with Gasteiger partial charge < -0.3 is 19.5 Å². The van der Waals surface area contributed by atoms with Crippen LogP contribution < -0.4 is 19.5 Å². The van der Waals surface area contributed by atoms with Crippen molar-refractivity contribution in [3.63, 3.8) is 0 Å². The van der Waals surface area contributed by atoms with Gasteiger partial charge in [0.1, 0.15) is 11.9 Å². The van der Waals surface area contributed by atoms with Gasteiger partial charge in [-0.1, -0.05) is 6.07 Å². The van der Waals surface area contributed by atoms with Gasteiger partial charge in [-0.3, -0.25) is 9.78 Å². The fourth-order valence-electron chi connectivity index (χ4n) is 4.00. The van der Waals surface area contributed by atoms with Crippen molar-refractivity contribution in [1.29, 1.82) is 0 Å². The number of rotatable bonds is 8. The minimum absolute atomic E-state index is 0.00399. The Morgan fingerprint density at radius 2 is 1.94 bits per heavy atom. The van der Waals surface area contributed by atoms with Gasteiger partial charge in [-0.05, 0) is 61.7 Å². The number of carbonyl (C=O) groups is 1. The molecule has 0 aliphatic carbocycles. The van der Waals surface area contributed by atoms with Crippen molar-refractivity contribution in [1.82, 2.24) is 15.3 Å². The second-order valence-electron chi connectivity index (χ2n) is 8.21. The van der Waals surface area contributed by atoms with Crippen LogP contribution in [-0.4, -0.2) is 42.7 Å². The van der Waals surface area contributed by atoms with Crippen molar-refractivity contribution in [3.05, 3.63) is 65.1 Å². The number of carbonyl (C=O) groups excluding carboxylic acids is 1. The summed E-state index contributed by atoms with van der Waals surface area (Å²) in [5.41, 5.74) is 5.86. The van der Waals surface area contributed by atoms with Gasteiger partial charge in [-0.25, -0.2) is 4.98 Å². The summed E-state index contributed by atoms with van der Waals surface area (Å²) < 4.78 is 16.6. The Morgan fingerprint density at radius 1 is 1.12 bits per heavy atom. The molecule has 0 fully saturated rings. The third-order valence-electron chi connectivity index (χ3n) is 5.77. The number of hydrogen-bond acceptors (Lipinski definition) is 6. The molecule has 7 heteroatoms. The van der Waals surface area contributed by atoms with E-state index in [0.717, 1.165) is 45.9 Å². The summed E-state index contributed by atoms with van der Waals surface area (Å²) in [6, 6.07) is 11.8. The first-order chi connectivity index (χ1) is 16.0. The fourth-order valence-corrected chi connectivity index (χ4v) is 4.00. The second-order valence-corrected chi connectivity index (χ2v) is 8.21. The highest BCUT2D eigenvalue weighted by Gasteiger charge is 2.24. The molecule has 3 aromatic rings. The molecule has 4 rings (SSSR count). The van der Waals surface area contributed by atoms with Crippen LogP contribution in [0, 0.1) is 13.8 Å². The summed E-state index contributed by atoms with van der Waals surface area (Å²) in [6.45, 7) is 4.38.